The largest absolute Gasteiger partial charge is 0.379 e. The fourth-order valence-electron chi connectivity index (χ4n) is 3.94. The van der Waals surface area contributed by atoms with Crippen molar-refractivity contribution in [3.05, 3.63) is 41.9 Å². The Morgan fingerprint density at radius 1 is 1.11 bits per heavy atom. The van der Waals surface area contributed by atoms with E-state index >= 15 is 0 Å². The van der Waals surface area contributed by atoms with Crippen LogP contribution in [0.3, 0.4) is 0 Å². The summed E-state index contributed by atoms with van der Waals surface area (Å²) in [6.45, 7) is 5.77. The van der Waals surface area contributed by atoms with Gasteiger partial charge in [0.2, 0.25) is 5.95 Å². The third-order valence-electron chi connectivity index (χ3n) is 5.55. The van der Waals surface area contributed by atoms with Crippen molar-refractivity contribution in [2.24, 2.45) is 5.92 Å². The number of nitrogens with one attached hydrogen (secondary N) is 1. The Balaban J connectivity index is 1.48. The van der Waals surface area contributed by atoms with Crippen LogP contribution in [0.1, 0.15) is 37.4 Å². The van der Waals surface area contributed by atoms with Gasteiger partial charge in [0.25, 0.3) is 0 Å². The van der Waals surface area contributed by atoms with E-state index in [1.54, 1.807) is 0 Å². The zero-order valence-electron chi connectivity index (χ0n) is 16.1. The van der Waals surface area contributed by atoms with Gasteiger partial charge in [0.15, 0.2) is 0 Å². The zero-order chi connectivity index (χ0) is 18.5. The molecule has 27 heavy (non-hydrogen) atoms. The van der Waals surface area contributed by atoms with Crippen LogP contribution in [0.2, 0.25) is 0 Å². The van der Waals surface area contributed by atoms with Gasteiger partial charge in [-0.1, -0.05) is 6.92 Å². The lowest BCUT2D eigenvalue weighted by atomic mass is 9.95. The fourth-order valence-corrected chi connectivity index (χ4v) is 3.94. The molecule has 144 valence electrons. The Morgan fingerprint density at radius 3 is 2.70 bits per heavy atom. The summed E-state index contributed by atoms with van der Waals surface area (Å²) in [5.74, 6) is 2.24. The fraction of sp³-hybridized carbons (Fsp3) is 0.571. The maximum Gasteiger partial charge on any atom is 0.227 e. The first-order valence-corrected chi connectivity index (χ1v) is 10.2. The molecule has 2 aliphatic heterocycles. The van der Waals surface area contributed by atoms with Crippen molar-refractivity contribution in [1.82, 2.24) is 15.0 Å². The minimum atomic E-state index is 0.270. The highest BCUT2D eigenvalue weighted by atomic mass is 16.5. The zero-order valence-corrected chi connectivity index (χ0v) is 16.1. The van der Waals surface area contributed by atoms with E-state index in [9.17, 15) is 0 Å². The average Bonchev–Trinajstić information content (AvgIpc) is 3.15. The van der Waals surface area contributed by atoms with Crippen LogP contribution in [0.5, 0.6) is 0 Å². The van der Waals surface area contributed by atoms with Crippen LogP contribution in [0.4, 0.5) is 11.8 Å². The summed E-state index contributed by atoms with van der Waals surface area (Å²) in [7, 11) is 0. The van der Waals surface area contributed by atoms with Crippen LogP contribution in [0.15, 0.2) is 30.6 Å². The average molecular weight is 367 g/mol. The number of hydrogen-bond acceptors (Lipinski definition) is 6. The van der Waals surface area contributed by atoms with Gasteiger partial charge in [-0.15, -0.1) is 0 Å². The van der Waals surface area contributed by atoms with Crippen LogP contribution in [-0.2, 0) is 17.6 Å². The smallest absolute Gasteiger partial charge is 0.227 e. The molecule has 2 fully saturated rings. The Kier molecular flexibility index (Phi) is 5.82. The highest BCUT2D eigenvalue weighted by Crippen LogP contribution is 2.24. The summed E-state index contributed by atoms with van der Waals surface area (Å²) in [5, 5.41) is 3.65. The molecular weight excluding hydrogens is 338 g/mol. The van der Waals surface area contributed by atoms with Crippen LogP contribution < -0.4 is 10.2 Å². The first-order valence-electron chi connectivity index (χ1n) is 10.2. The Bertz CT molecular complexity index is 733. The van der Waals surface area contributed by atoms with E-state index in [0.29, 0.717) is 5.92 Å². The van der Waals surface area contributed by atoms with Gasteiger partial charge >= 0.3 is 0 Å². The van der Waals surface area contributed by atoms with Crippen molar-refractivity contribution >= 4 is 11.8 Å². The van der Waals surface area contributed by atoms with Crippen LogP contribution in [0.25, 0.3) is 0 Å². The Morgan fingerprint density at radius 2 is 1.93 bits per heavy atom. The first-order chi connectivity index (χ1) is 13.3. The van der Waals surface area contributed by atoms with E-state index in [0.717, 1.165) is 56.6 Å². The van der Waals surface area contributed by atoms with Crippen LogP contribution >= 0.6 is 0 Å². The molecule has 0 saturated carbocycles. The molecule has 4 heterocycles. The lowest BCUT2D eigenvalue weighted by Gasteiger charge is -2.28. The molecule has 0 aliphatic carbocycles. The Labute approximate surface area is 161 Å². The van der Waals surface area contributed by atoms with Gasteiger partial charge in [-0.05, 0) is 49.8 Å². The van der Waals surface area contributed by atoms with E-state index in [2.05, 4.69) is 40.3 Å². The van der Waals surface area contributed by atoms with Crippen molar-refractivity contribution in [3.8, 4) is 0 Å². The lowest BCUT2D eigenvalue weighted by Crippen LogP contribution is -2.33. The standard InChI is InChI=1S/C21H29N5O/c1-2-18-13-20(25-21(23-18)26-10-4-3-5-11-26)24-19-15-27-14-17(19)12-16-6-8-22-9-7-16/h6-9,13,17,19H,2-5,10-12,14-15H2,1H3,(H,23,24,25)/t17-,19-/m1/s1. The number of aryl methyl sites for hydroxylation is 1. The van der Waals surface area contributed by atoms with E-state index in [1.807, 2.05) is 12.4 Å². The van der Waals surface area contributed by atoms with Crippen LogP contribution in [-0.4, -0.2) is 47.3 Å². The van der Waals surface area contributed by atoms with Crippen molar-refractivity contribution < 1.29 is 4.74 Å². The van der Waals surface area contributed by atoms with Gasteiger partial charge in [0.05, 0.1) is 19.3 Å². The molecule has 2 atom stereocenters. The second-order valence-corrected chi connectivity index (χ2v) is 7.55. The van der Waals surface area contributed by atoms with Gasteiger partial charge in [-0.25, -0.2) is 4.98 Å². The summed E-state index contributed by atoms with van der Waals surface area (Å²) >= 11 is 0. The molecule has 2 aliphatic rings. The molecule has 0 unspecified atom stereocenters. The number of piperidine rings is 1. The minimum Gasteiger partial charge on any atom is -0.379 e. The molecule has 0 aromatic carbocycles. The highest BCUT2D eigenvalue weighted by Gasteiger charge is 2.29. The molecule has 2 saturated heterocycles. The second kappa shape index (κ2) is 8.65. The maximum absolute atomic E-state index is 5.79. The number of pyridine rings is 1. The van der Waals surface area contributed by atoms with E-state index < -0.39 is 0 Å². The predicted octanol–water partition coefficient (Wildman–Crippen LogP) is 3.09. The molecular formula is C21H29N5O. The summed E-state index contributed by atoms with van der Waals surface area (Å²) in [6, 6.07) is 6.54. The van der Waals surface area contributed by atoms with Gasteiger partial charge in [-0.3, -0.25) is 4.98 Å². The topological polar surface area (TPSA) is 63.2 Å². The molecule has 6 nitrogen and oxygen atoms in total. The molecule has 4 rings (SSSR count). The third-order valence-corrected chi connectivity index (χ3v) is 5.55. The normalized spacial score (nSPS) is 22.8. The molecule has 1 N–H and O–H groups in total. The number of rotatable bonds is 6. The lowest BCUT2D eigenvalue weighted by molar-refractivity contribution is 0.185. The summed E-state index contributed by atoms with van der Waals surface area (Å²) in [5.41, 5.74) is 2.40. The molecule has 0 spiro atoms. The molecule has 2 aromatic rings. The number of ether oxygens (including phenoxy) is 1. The maximum atomic E-state index is 5.79. The summed E-state index contributed by atoms with van der Waals surface area (Å²) in [6.07, 6.45) is 9.39. The van der Waals surface area contributed by atoms with E-state index in [-0.39, 0.29) is 6.04 Å². The van der Waals surface area contributed by atoms with Crippen molar-refractivity contribution in [2.45, 2.75) is 45.1 Å². The van der Waals surface area contributed by atoms with E-state index in [1.165, 1.54) is 24.8 Å². The molecule has 0 amide bonds. The van der Waals surface area contributed by atoms with Crippen LogP contribution in [0, 0.1) is 5.92 Å². The number of anilines is 2. The van der Waals surface area contributed by atoms with Gasteiger partial charge in [0.1, 0.15) is 5.82 Å². The van der Waals surface area contributed by atoms with Crippen molar-refractivity contribution in [1.29, 1.82) is 0 Å². The van der Waals surface area contributed by atoms with Gasteiger partial charge in [0, 0.05) is 43.2 Å². The predicted molar refractivity (Wildman–Crippen MR) is 107 cm³/mol. The summed E-state index contributed by atoms with van der Waals surface area (Å²) in [4.78, 5) is 16.1. The molecule has 2 aromatic heterocycles. The number of hydrogen-bond donors (Lipinski definition) is 1. The van der Waals surface area contributed by atoms with Crippen molar-refractivity contribution in [3.63, 3.8) is 0 Å². The summed E-state index contributed by atoms with van der Waals surface area (Å²) < 4.78 is 5.79. The molecule has 0 radical (unpaired) electrons. The number of nitrogens with zero attached hydrogens (tertiary/aromatic N) is 4. The molecule has 0 bridgehead atoms. The monoisotopic (exact) mass is 367 g/mol. The third kappa shape index (κ3) is 4.56. The van der Waals surface area contributed by atoms with Gasteiger partial charge < -0.3 is 15.0 Å². The second-order valence-electron chi connectivity index (χ2n) is 7.55. The van der Waals surface area contributed by atoms with Crippen molar-refractivity contribution in [2.75, 3.05) is 36.5 Å². The first kappa shape index (κ1) is 18.2. The van der Waals surface area contributed by atoms with E-state index in [4.69, 9.17) is 14.7 Å². The number of aromatic nitrogens is 3. The minimum absolute atomic E-state index is 0.270. The van der Waals surface area contributed by atoms with Gasteiger partial charge in [-0.2, -0.15) is 4.98 Å². The quantitative estimate of drug-likeness (QED) is 0.846. The Hall–Kier alpha value is -2.21. The highest BCUT2D eigenvalue weighted by molar-refractivity contribution is 5.45. The SMILES string of the molecule is CCc1cc(N[C@@H]2COC[C@H]2Cc2ccncc2)nc(N2CCCCC2)n1. The molecule has 6 heteroatoms.